The molecule has 0 radical (unpaired) electrons. The molecule has 1 fully saturated rings. The first kappa shape index (κ1) is 23.4. The second-order valence-electron chi connectivity index (χ2n) is 8.67. The van der Waals surface area contributed by atoms with Gasteiger partial charge in [0.25, 0.3) is 5.91 Å². The van der Waals surface area contributed by atoms with Crippen LogP contribution in [-0.2, 0) is 23.1 Å². The second kappa shape index (κ2) is 9.24. The number of carbonyl (C=O) groups excluding carboxylic acids is 1. The summed E-state index contributed by atoms with van der Waals surface area (Å²) >= 11 is 0. The summed E-state index contributed by atoms with van der Waals surface area (Å²) in [5.74, 6) is 0.882. The van der Waals surface area contributed by atoms with E-state index in [1.807, 2.05) is 31.2 Å². The lowest BCUT2D eigenvalue weighted by atomic mass is 10.2. The molecule has 176 valence electrons. The van der Waals surface area contributed by atoms with Crippen molar-refractivity contribution < 1.29 is 13.2 Å². The van der Waals surface area contributed by atoms with Gasteiger partial charge in [-0.1, -0.05) is 12.1 Å². The molecule has 1 aliphatic heterocycles. The topological polar surface area (TPSA) is 78.7 Å². The number of benzene rings is 2. The van der Waals surface area contributed by atoms with Gasteiger partial charge in [0.1, 0.15) is 5.82 Å². The molecule has 1 amide bonds. The number of imidazole rings is 1. The second-order valence-corrected chi connectivity index (χ2v) is 10.6. The first-order chi connectivity index (χ1) is 15.7. The quantitative estimate of drug-likeness (QED) is 0.555. The minimum atomic E-state index is -3.48. The SMILES string of the molecule is CCn1c(CN2CCN(S(=O)(=O)c3cccc(C)c3)CC2)nc2cc(C(=O)N(C)C)ccc21. The molecule has 0 aliphatic carbocycles. The highest BCUT2D eigenvalue weighted by atomic mass is 32.2. The summed E-state index contributed by atoms with van der Waals surface area (Å²) < 4.78 is 29.8. The molecule has 1 aromatic heterocycles. The maximum Gasteiger partial charge on any atom is 0.253 e. The van der Waals surface area contributed by atoms with Gasteiger partial charge < -0.3 is 9.47 Å². The maximum atomic E-state index is 13.0. The van der Waals surface area contributed by atoms with Crippen LogP contribution in [0.5, 0.6) is 0 Å². The van der Waals surface area contributed by atoms with Gasteiger partial charge >= 0.3 is 0 Å². The van der Waals surface area contributed by atoms with E-state index in [0.717, 1.165) is 29.0 Å². The van der Waals surface area contributed by atoms with Gasteiger partial charge in [0, 0.05) is 52.4 Å². The number of hydrogen-bond acceptors (Lipinski definition) is 5. The van der Waals surface area contributed by atoms with Crippen molar-refractivity contribution in [1.82, 2.24) is 23.7 Å². The fourth-order valence-electron chi connectivity index (χ4n) is 4.30. The molecule has 0 bridgehead atoms. The maximum absolute atomic E-state index is 13.0. The van der Waals surface area contributed by atoms with Crippen LogP contribution in [0.4, 0.5) is 0 Å². The number of nitrogens with zero attached hydrogens (tertiary/aromatic N) is 5. The highest BCUT2D eigenvalue weighted by molar-refractivity contribution is 7.89. The molecule has 33 heavy (non-hydrogen) atoms. The number of aryl methyl sites for hydroxylation is 2. The molecule has 2 aromatic carbocycles. The zero-order valence-electron chi connectivity index (χ0n) is 19.7. The van der Waals surface area contributed by atoms with Crippen molar-refractivity contribution in [2.24, 2.45) is 0 Å². The Hall–Kier alpha value is -2.75. The number of carbonyl (C=O) groups is 1. The van der Waals surface area contributed by atoms with Crippen LogP contribution in [0.25, 0.3) is 11.0 Å². The van der Waals surface area contributed by atoms with Crippen molar-refractivity contribution in [1.29, 1.82) is 0 Å². The van der Waals surface area contributed by atoms with E-state index in [2.05, 4.69) is 16.4 Å². The van der Waals surface area contributed by atoms with Crippen molar-refractivity contribution in [3.05, 3.63) is 59.4 Å². The average Bonchev–Trinajstić information content (AvgIpc) is 3.14. The van der Waals surface area contributed by atoms with E-state index >= 15 is 0 Å². The first-order valence-corrected chi connectivity index (χ1v) is 12.6. The van der Waals surface area contributed by atoms with E-state index in [1.165, 1.54) is 0 Å². The Labute approximate surface area is 195 Å². The van der Waals surface area contributed by atoms with Crippen LogP contribution >= 0.6 is 0 Å². The number of aromatic nitrogens is 2. The lowest BCUT2D eigenvalue weighted by molar-refractivity contribution is 0.0827. The molecule has 0 atom stereocenters. The molecule has 3 aromatic rings. The molecule has 0 unspecified atom stereocenters. The number of piperazine rings is 1. The summed E-state index contributed by atoms with van der Waals surface area (Å²) in [4.78, 5) is 21.3. The van der Waals surface area contributed by atoms with Gasteiger partial charge in [-0.3, -0.25) is 9.69 Å². The van der Waals surface area contributed by atoms with E-state index < -0.39 is 10.0 Å². The van der Waals surface area contributed by atoms with Crippen LogP contribution in [0.1, 0.15) is 28.7 Å². The van der Waals surface area contributed by atoms with E-state index in [-0.39, 0.29) is 5.91 Å². The first-order valence-electron chi connectivity index (χ1n) is 11.2. The molecule has 9 heteroatoms. The Kier molecular flexibility index (Phi) is 6.56. The predicted octanol–water partition coefficient (Wildman–Crippen LogP) is 2.57. The Morgan fingerprint density at radius 2 is 1.79 bits per heavy atom. The third kappa shape index (κ3) is 4.66. The monoisotopic (exact) mass is 469 g/mol. The number of hydrogen-bond donors (Lipinski definition) is 0. The summed E-state index contributed by atoms with van der Waals surface area (Å²) in [6.07, 6.45) is 0. The summed E-state index contributed by atoms with van der Waals surface area (Å²) in [5.41, 5.74) is 3.36. The Bertz CT molecular complexity index is 1270. The van der Waals surface area contributed by atoms with Crippen LogP contribution < -0.4 is 0 Å². The van der Waals surface area contributed by atoms with Crippen LogP contribution in [-0.4, -0.2) is 78.3 Å². The van der Waals surface area contributed by atoms with Crippen molar-refractivity contribution in [2.45, 2.75) is 31.8 Å². The number of sulfonamides is 1. The molecule has 0 N–H and O–H groups in total. The third-order valence-corrected chi connectivity index (χ3v) is 8.01. The smallest absolute Gasteiger partial charge is 0.253 e. The molecule has 0 spiro atoms. The van der Waals surface area contributed by atoms with Crippen molar-refractivity contribution >= 4 is 27.0 Å². The normalized spacial score (nSPS) is 15.8. The molecular weight excluding hydrogens is 438 g/mol. The summed E-state index contributed by atoms with van der Waals surface area (Å²) in [6.45, 7) is 7.57. The zero-order chi connectivity index (χ0) is 23.8. The number of amides is 1. The molecule has 4 rings (SSSR count). The van der Waals surface area contributed by atoms with E-state index in [0.29, 0.717) is 43.2 Å². The van der Waals surface area contributed by atoms with Crippen molar-refractivity contribution in [3.8, 4) is 0 Å². The van der Waals surface area contributed by atoms with E-state index in [9.17, 15) is 13.2 Å². The molecule has 8 nitrogen and oxygen atoms in total. The van der Waals surface area contributed by atoms with Crippen LogP contribution in [0.15, 0.2) is 47.4 Å². The molecular formula is C24H31N5O3S. The molecule has 2 heterocycles. The Morgan fingerprint density at radius 3 is 2.42 bits per heavy atom. The van der Waals surface area contributed by atoms with Gasteiger partial charge in [0.2, 0.25) is 10.0 Å². The van der Waals surface area contributed by atoms with Crippen LogP contribution in [0, 0.1) is 6.92 Å². The zero-order valence-corrected chi connectivity index (χ0v) is 20.5. The minimum absolute atomic E-state index is 0.0459. The summed E-state index contributed by atoms with van der Waals surface area (Å²) in [7, 11) is -0.00922. The standard InChI is InChI=1S/C24H31N5O3S/c1-5-29-22-10-9-19(24(30)26(3)4)16-21(22)25-23(29)17-27-11-13-28(14-12-27)33(31,32)20-8-6-7-18(2)15-20/h6-10,15-16H,5,11-14,17H2,1-4H3. The lowest BCUT2D eigenvalue weighted by Gasteiger charge is -2.33. The predicted molar refractivity (Wildman–Crippen MR) is 129 cm³/mol. The van der Waals surface area contributed by atoms with Crippen LogP contribution in [0.2, 0.25) is 0 Å². The van der Waals surface area contributed by atoms with E-state index in [4.69, 9.17) is 4.98 Å². The van der Waals surface area contributed by atoms with Gasteiger partial charge in [-0.15, -0.1) is 0 Å². The van der Waals surface area contributed by atoms with Gasteiger partial charge in [-0.05, 0) is 49.7 Å². The fourth-order valence-corrected chi connectivity index (χ4v) is 5.82. The highest BCUT2D eigenvalue weighted by Gasteiger charge is 2.29. The number of rotatable bonds is 6. The summed E-state index contributed by atoms with van der Waals surface area (Å²) in [6, 6.07) is 12.7. The Balaban J connectivity index is 1.49. The molecule has 1 aliphatic rings. The van der Waals surface area contributed by atoms with Gasteiger partial charge in [0.05, 0.1) is 22.5 Å². The highest BCUT2D eigenvalue weighted by Crippen LogP contribution is 2.22. The van der Waals surface area contributed by atoms with Gasteiger partial charge in [0.15, 0.2) is 0 Å². The van der Waals surface area contributed by atoms with Crippen LogP contribution in [0.3, 0.4) is 0 Å². The third-order valence-electron chi connectivity index (χ3n) is 6.12. The Morgan fingerprint density at radius 1 is 1.06 bits per heavy atom. The summed E-state index contributed by atoms with van der Waals surface area (Å²) in [5, 5.41) is 0. The average molecular weight is 470 g/mol. The van der Waals surface area contributed by atoms with Crippen molar-refractivity contribution in [2.75, 3.05) is 40.3 Å². The van der Waals surface area contributed by atoms with Crippen molar-refractivity contribution in [3.63, 3.8) is 0 Å². The molecule has 1 saturated heterocycles. The van der Waals surface area contributed by atoms with Gasteiger partial charge in [-0.25, -0.2) is 13.4 Å². The fraction of sp³-hybridized carbons (Fsp3) is 0.417. The van der Waals surface area contributed by atoms with E-state index in [1.54, 1.807) is 41.5 Å². The lowest BCUT2D eigenvalue weighted by Crippen LogP contribution is -2.48. The minimum Gasteiger partial charge on any atom is -0.345 e. The number of fused-ring (bicyclic) bond motifs is 1. The van der Waals surface area contributed by atoms with Gasteiger partial charge in [-0.2, -0.15) is 4.31 Å². The molecule has 0 saturated carbocycles. The largest absolute Gasteiger partial charge is 0.345 e.